The number of amides is 1. The number of carbonyl (C=O) groups is 1. The first-order valence-corrected chi connectivity index (χ1v) is 7.42. The molecular formula is C16H19N5O. The summed E-state index contributed by atoms with van der Waals surface area (Å²) >= 11 is 0. The zero-order chi connectivity index (χ0) is 15.4. The van der Waals surface area contributed by atoms with Crippen molar-refractivity contribution < 1.29 is 4.79 Å². The lowest BCUT2D eigenvalue weighted by atomic mass is 10.2. The molecule has 114 valence electrons. The third kappa shape index (κ3) is 3.16. The predicted octanol–water partition coefficient (Wildman–Crippen LogP) is 1.83. The average molecular weight is 297 g/mol. The van der Waals surface area contributed by atoms with Crippen LogP contribution in [0.3, 0.4) is 0 Å². The highest BCUT2D eigenvalue weighted by Gasteiger charge is 2.13. The monoisotopic (exact) mass is 297 g/mol. The molecule has 2 aromatic heterocycles. The summed E-state index contributed by atoms with van der Waals surface area (Å²) in [5.41, 5.74) is 0.973. The summed E-state index contributed by atoms with van der Waals surface area (Å²) in [5, 5.41) is 8.39. The van der Waals surface area contributed by atoms with Crippen molar-refractivity contribution >= 4 is 16.8 Å². The number of benzene rings is 1. The highest BCUT2D eigenvalue weighted by atomic mass is 16.2. The van der Waals surface area contributed by atoms with Crippen molar-refractivity contribution in [1.82, 2.24) is 24.6 Å². The van der Waals surface area contributed by atoms with Gasteiger partial charge in [-0.3, -0.25) is 9.48 Å². The molecular weight excluding hydrogens is 278 g/mol. The van der Waals surface area contributed by atoms with E-state index in [-0.39, 0.29) is 18.5 Å². The molecule has 1 amide bonds. The predicted molar refractivity (Wildman–Crippen MR) is 84.2 cm³/mol. The second-order valence-corrected chi connectivity index (χ2v) is 5.29. The average Bonchev–Trinajstić information content (AvgIpc) is 3.17. The van der Waals surface area contributed by atoms with Crippen LogP contribution in [0.2, 0.25) is 0 Å². The minimum absolute atomic E-state index is 0.0270. The van der Waals surface area contributed by atoms with E-state index in [0.717, 1.165) is 23.9 Å². The number of fused-ring (bicyclic) bond motifs is 1. The lowest BCUT2D eigenvalue weighted by Gasteiger charge is -2.17. The normalized spacial score (nSPS) is 12.4. The molecule has 0 fully saturated rings. The summed E-state index contributed by atoms with van der Waals surface area (Å²) in [5.74, 6) is -0.0270. The number of hydrogen-bond acceptors (Lipinski definition) is 3. The van der Waals surface area contributed by atoms with E-state index in [0.29, 0.717) is 0 Å². The zero-order valence-electron chi connectivity index (χ0n) is 12.5. The van der Waals surface area contributed by atoms with Gasteiger partial charge in [0.25, 0.3) is 0 Å². The van der Waals surface area contributed by atoms with Crippen molar-refractivity contribution in [2.75, 3.05) is 0 Å². The number of rotatable bonds is 6. The van der Waals surface area contributed by atoms with Gasteiger partial charge in [-0.2, -0.15) is 5.10 Å². The van der Waals surface area contributed by atoms with Gasteiger partial charge in [0.2, 0.25) is 5.91 Å². The number of carbonyl (C=O) groups excluding carboxylic acids is 1. The first kappa shape index (κ1) is 14.3. The standard InChI is InChI=1S/C16H19N5O/c1-2-14(10-20-8-7-17-12-20)19-16(22)11-21-15-6-4-3-5-13(15)9-18-21/h3-9,12,14H,2,10-11H2,1H3,(H,19,22). The van der Waals surface area contributed by atoms with Gasteiger partial charge in [0, 0.05) is 30.4 Å². The van der Waals surface area contributed by atoms with E-state index in [9.17, 15) is 4.79 Å². The maximum atomic E-state index is 12.3. The Hall–Kier alpha value is -2.63. The summed E-state index contributed by atoms with van der Waals surface area (Å²) in [7, 11) is 0. The molecule has 0 saturated heterocycles. The number of para-hydroxylation sites is 1. The summed E-state index contributed by atoms with van der Waals surface area (Å²) in [6.45, 7) is 3.02. The molecule has 0 aliphatic heterocycles. The van der Waals surface area contributed by atoms with E-state index in [1.807, 2.05) is 35.0 Å². The Morgan fingerprint density at radius 3 is 3.00 bits per heavy atom. The van der Waals surface area contributed by atoms with E-state index >= 15 is 0 Å². The second kappa shape index (κ2) is 6.43. The molecule has 0 aliphatic carbocycles. The number of nitrogens with one attached hydrogen (secondary N) is 1. The van der Waals surface area contributed by atoms with Crippen molar-refractivity contribution in [3.8, 4) is 0 Å². The molecule has 1 atom stereocenters. The van der Waals surface area contributed by atoms with Gasteiger partial charge in [-0.15, -0.1) is 0 Å². The minimum atomic E-state index is -0.0270. The molecule has 3 rings (SSSR count). The van der Waals surface area contributed by atoms with Gasteiger partial charge in [-0.25, -0.2) is 4.98 Å². The van der Waals surface area contributed by atoms with Crippen LogP contribution in [0.5, 0.6) is 0 Å². The number of imidazole rings is 1. The molecule has 0 aliphatic rings. The van der Waals surface area contributed by atoms with Crippen molar-refractivity contribution in [3.05, 3.63) is 49.2 Å². The lowest BCUT2D eigenvalue weighted by Crippen LogP contribution is -2.39. The second-order valence-electron chi connectivity index (χ2n) is 5.29. The smallest absolute Gasteiger partial charge is 0.242 e. The Bertz CT molecular complexity index is 747. The van der Waals surface area contributed by atoms with Crippen LogP contribution in [0.1, 0.15) is 13.3 Å². The topological polar surface area (TPSA) is 64.7 Å². The Labute approximate surface area is 128 Å². The van der Waals surface area contributed by atoms with Crippen LogP contribution in [-0.2, 0) is 17.9 Å². The van der Waals surface area contributed by atoms with Crippen molar-refractivity contribution in [2.45, 2.75) is 32.5 Å². The van der Waals surface area contributed by atoms with Crippen LogP contribution in [0, 0.1) is 0 Å². The van der Waals surface area contributed by atoms with Gasteiger partial charge in [0.1, 0.15) is 6.54 Å². The van der Waals surface area contributed by atoms with Gasteiger partial charge < -0.3 is 9.88 Å². The fourth-order valence-corrected chi connectivity index (χ4v) is 2.49. The summed E-state index contributed by atoms with van der Waals surface area (Å²) in [6.07, 6.45) is 8.05. The van der Waals surface area contributed by atoms with Crippen molar-refractivity contribution in [2.24, 2.45) is 0 Å². The van der Waals surface area contributed by atoms with Gasteiger partial charge >= 0.3 is 0 Å². The molecule has 0 saturated carbocycles. The maximum absolute atomic E-state index is 12.3. The Kier molecular flexibility index (Phi) is 4.18. The quantitative estimate of drug-likeness (QED) is 0.755. The maximum Gasteiger partial charge on any atom is 0.242 e. The van der Waals surface area contributed by atoms with E-state index in [2.05, 4.69) is 22.3 Å². The molecule has 3 aromatic rings. The van der Waals surface area contributed by atoms with Crippen LogP contribution in [0.15, 0.2) is 49.2 Å². The van der Waals surface area contributed by atoms with Crippen LogP contribution >= 0.6 is 0 Å². The molecule has 1 N–H and O–H groups in total. The van der Waals surface area contributed by atoms with Crippen molar-refractivity contribution in [3.63, 3.8) is 0 Å². The van der Waals surface area contributed by atoms with Gasteiger partial charge in [-0.05, 0) is 12.5 Å². The van der Waals surface area contributed by atoms with Crippen LogP contribution in [0.4, 0.5) is 0 Å². The highest BCUT2D eigenvalue weighted by Crippen LogP contribution is 2.12. The zero-order valence-corrected chi connectivity index (χ0v) is 12.5. The third-order valence-electron chi connectivity index (χ3n) is 3.69. The first-order valence-electron chi connectivity index (χ1n) is 7.42. The molecule has 0 radical (unpaired) electrons. The summed E-state index contributed by atoms with van der Waals surface area (Å²) in [4.78, 5) is 16.3. The summed E-state index contributed by atoms with van der Waals surface area (Å²) in [6, 6.07) is 7.96. The molecule has 22 heavy (non-hydrogen) atoms. The van der Waals surface area contributed by atoms with Gasteiger partial charge in [-0.1, -0.05) is 25.1 Å². The fraction of sp³-hybridized carbons (Fsp3) is 0.312. The molecule has 6 nitrogen and oxygen atoms in total. The third-order valence-corrected chi connectivity index (χ3v) is 3.69. The first-order chi connectivity index (χ1) is 10.8. The van der Waals surface area contributed by atoms with Crippen molar-refractivity contribution in [1.29, 1.82) is 0 Å². The molecule has 6 heteroatoms. The Balaban J connectivity index is 1.64. The summed E-state index contributed by atoms with van der Waals surface area (Å²) < 4.78 is 3.70. The number of aromatic nitrogens is 4. The van der Waals surface area contributed by atoms with E-state index < -0.39 is 0 Å². The van der Waals surface area contributed by atoms with Crippen LogP contribution < -0.4 is 5.32 Å². The van der Waals surface area contributed by atoms with Crippen LogP contribution in [0.25, 0.3) is 10.9 Å². The van der Waals surface area contributed by atoms with Gasteiger partial charge in [0.15, 0.2) is 0 Å². The number of nitrogens with zero attached hydrogens (tertiary/aromatic N) is 4. The van der Waals surface area contributed by atoms with E-state index in [4.69, 9.17) is 0 Å². The molecule has 1 unspecified atom stereocenters. The van der Waals surface area contributed by atoms with E-state index in [1.165, 1.54) is 0 Å². The molecule has 2 heterocycles. The highest BCUT2D eigenvalue weighted by molar-refractivity contribution is 5.82. The molecule has 0 bridgehead atoms. The van der Waals surface area contributed by atoms with E-state index in [1.54, 1.807) is 23.4 Å². The molecule has 1 aromatic carbocycles. The Morgan fingerprint density at radius 1 is 1.36 bits per heavy atom. The minimum Gasteiger partial charge on any atom is -0.350 e. The van der Waals surface area contributed by atoms with Gasteiger partial charge in [0.05, 0.1) is 18.0 Å². The van der Waals surface area contributed by atoms with Crippen LogP contribution in [-0.4, -0.2) is 31.3 Å². The Morgan fingerprint density at radius 2 is 2.23 bits per heavy atom. The number of hydrogen-bond donors (Lipinski definition) is 1. The SMILES string of the molecule is CCC(Cn1ccnc1)NC(=O)Cn1ncc2ccccc21. The molecule has 0 spiro atoms. The largest absolute Gasteiger partial charge is 0.350 e. The lowest BCUT2D eigenvalue weighted by molar-refractivity contribution is -0.122. The fourth-order valence-electron chi connectivity index (χ4n) is 2.49.